The lowest BCUT2D eigenvalue weighted by atomic mass is 10.1. The Morgan fingerprint density at radius 1 is 1.50 bits per heavy atom. The van der Waals surface area contributed by atoms with Gasteiger partial charge in [0.2, 0.25) is 0 Å². The minimum Gasteiger partial charge on any atom is -0.385 e. The number of aromatic nitrogens is 3. The molecule has 16 heavy (non-hydrogen) atoms. The zero-order valence-corrected chi connectivity index (χ0v) is 10.4. The van der Waals surface area contributed by atoms with Gasteiger partial charge in [0.15, 0.2) is 0 Å². The molecule has 0 saturated heterocycles. The third-order valence-electron chi connectivity index (χ3n) is 2.50. The van der Waals surface area contributed by atoms with Crippen LogP contribution in [0.25, 0.3) is 0 Å². The van der Waals surface area contributed by atoms with E-state index in [4.69, 9.17) is 10.5 Å². The molecule has 0 aliphatic carbocycles. The molecule has 1 heterocycles. The molecular weight excluding hydrogens is 204 g/mol. The molecule has 5 nitrogen and oxygen atoms in total. The van der Waals surface area contributed by atoms with E-state index >= 15 is 0 Å². The van der Waals surface area contributed by atoms with Gasteiger partial charge >= 0.3 is 0 Å². The molecule has 0 saturated carbocycles. The normalized spacial score (nSPS) is 13.3. The van der Waals surface area contributed by atoms with Gasteiger partial charge in [-0.1, -0.05) is 0 Å². The summed E-state index contributed by atoms with van der Waals surface area (Å²) in [7, 11) is 1.71. The van der Waals surface area contributed by atoms with E-state index in [2.05, 4.69) is 23.9 Å². The van der Waals surface area contributed by atoms with Crippen LogP contribution in [0.15, 0.2) is 6.33 Å². The highest BCUT2D eigenvalue weighted by molar-refractivity contribution is 4.90. The Balaban J connectivity index is 2.43. The van der Waals surface area contributed by atoms with Gasteiger partial charge in [-0.3, -0.25) is 0 Å². The first-order chi connectivity index (χ1) is 7.65. The van der Waals surface area contributed by atoms with Crippen LogP contribution in [-0.4, -0.2) is 34.5 Å². The standard InChI is InChI=1S/C11H22N4O/c1-9(2)15-11(13-8-14-15)7-10(12)5-4-6-16-3/h8-10H,4-7,12H2,1-3H3. The molecule has 1 atom stereocenters. The van der Waals surface area contributed by atoms with Gasteiger partial charge in [-0.25, -0.2) is 9.67 Å². The smallest absolute Gasteiger partial charge is 0.138 e. The zero-order chi connectivity index (χ0) is 12.0. The summed E-state index contributed by atoms with van der Waals surface area (Å²) in [5.74, 6) is 0.972. The molecule has 0 aliphatic rings. The molecule has 0 aliphatic heterocycles. The molecule has 5 heteroatoms. The summed E-state index contributed by atoms with van der Waals surface area (Å²) in [6.07, 6.45) is 4.32. The number of hydrogen-bond donors (Lipinski definition) is 1. The number of hydrogen-bond acceptors (Lipinski definition) is 4. The van der Waals surface area contributed by atoms with E-state index < -0.39 is 0 Å². The lowest BCUT2D eigenvalue weighted by molar-refractivity contribution is 0.190. The predicted octanol–water partition coefficient (Wildman–Crippen LogP) is 1.16. The van der Waals surface area contributed by atoms with Crippen molar-refractivity contribution in [3.8, 4) is 0 Å². The van der Waals surface area contributed by atoms with Gasteiger partial charge in [-0.15, -0.1) is 0 Å². The Morgan fingerprint density at radius 3 is 2.88 bits per heavy atom. The van der Waals surface area contributed by atoms with Crippen LogP contribution < -0.4 is 5.73 Å². The van der Waals surface area contributed by atoms with Gasteiger partial charge in [-0.05, 0) is 26.7 Å². The van der Waals surface area contributed by atoms with Crippen molar-refractivity contribution in [2.45, 2.75) is 45.2 Å². The molecular formula is C11H22N4O. The molecule has 1 unspecified atom stereocenters. The van der Waals surface area contributed by atoms with E-state index in [-0.39, 0.29) is 6.04 Å². The molecule has 2 N–H and O–H groups in total. The second kappa shape index (κ2) is 6.60. The Bertz CT molecular complexity index is 298. The highest BCUT2D eigenvalue weighted by atomic mass is 16.5. The van der Waals surface area contributed by atoms with Crippen molar-refractivity contribution in [1.82, 2.24) is 14.8 Å². The van der Waals surface area contributed by atoms with Gasteiger partial charge in [-0.2, -0.15) is 5.10 Å². The Hall–Kier alpha value is -0.940. The van der Waals surface area contributed by atoms with Gasteiger partial charge in [0.1, 0.15) is 12.2 Å². The minimum absolute atomic E-state index is 0.136. The second-order valence-corrected chi connectivity index (χ2v) is 4.31. The molecule has 0 radical (unpaired) electrons. The van der Waals surface area contributed by atoms with Gasteiger partial charge in [0.25, 0.3) is 0 Å². The molecule has 1 rings (SSSR count). The van der Waals surface area contributed by atoms with E-state index in [1.54, 1.807) is 13.4 Å². The van der Waals surface area contributed by atoms with Crippen molar-refractivity contribution in [2.24, 2.45) is 5.73 Å². The van der Waals surface area contributed by atoms with Crippen LogP contribution in [0.4, 0.5) is 0 Å². The first kappa shape index (κ1) is 13.1. The summed E-state index contributed by atoms with van der Waals surface area (Å²) < 4.78 is 6.93. The summed E-state index contributed by atoms with van der Waals surface area (Å²) in [4.78, 5) is 4.25. The molecule has 1 aromatic rings. The summed E-state index contributed by atoms with van der Waals surface area (Å²) in [5, 5.41) is 4.19. The lowest BCUT2D eigenvalue weighted by Crippen LogP contribution is -2.25. The summed E-state index contributed by atoms with van der Waals surface area (Å²) in [6.45, 7) is 4.95. The van der Waals surface area contributed by atoms with Crippen LogP contribution in [0.5, 0.6) is 0 Å². The molecule has 92 valence electrons. The highest BCUT2D eigenvalue weighted by Gasteiger charge is 2.11. The fourth-order valence-electron chi connectivity index (χ4n) is 1.68. The van der Waals surface area contributed by atoms with Crippen LogP contribution >= 0.6 is 0 Å². The van der Waals surface area contributed by atoms with Crippen molar-refractivity contribution < 1.29 is 4.74 Å². The number of ether oxygens (including phenoxy) is 1. The summed E-state index contributed by atoms with van der Waals surface area (Å²) in [5.41, 5.74) is 6.04. The summed E-state index contributed by atoms with van der Waals surface area (Å²) in [6, 6.07) is 0.473. The predicted molar refractivity (Wildman–Crippen MR) is 63.2 cm³/mol. The van der Waals surface area contributed by atoms with Crippen molar-refractivity contribution in [1.29, 1.82) is 0 Å². The van der Waals surface area contributed by atoms with E-state index in [0.29, 0.717) is 6.04 Å². The molecule has 0 amide bonds. The monoisotopic (exact) mass is 226 g/mol. The molecule has 0 bridgehead atoms. The fourth-order valence-corrected chi connectivity index (χ4v) is 1.68. The van der Waals surface area contributed by atoms with E-state index in [1.807, 2.05) is 4.68 Å². The van der Waals surface area contributed by atoms with Crippen molar-refractivity contribution in [2.75, 3.05) is 13.7 Å². The third-order valence-corrected chi connectivity index (χ3v) is 2.50. The zero-order valence-electron chi connectivity index (χ0n) is 10.4. The van der Waals surface area contributed by atoms with Crippen molar-refractivity contribution >= 4 is 0 Å². The molecule has 1 aromatic heterocycles. The SMILES string of the molecule is COCCCC(N)Cc1ncnn1C(C)C. The molecule has 0 fully saturated rings. The average Bonchev–Trinajstić information content (AvgIpc) is 2.66. The number of nitrogens with zero attached hydrogens (tertiary/aromatic N) is 3. The van der Waals surface area contributed by atoms with Gasteiger partial charge in [0, 0.05) is 32.2 Å². The Labute approximate surface area is 97.0 Å². The van der Waals surface area contributed by atoms with Gasteiger partial charge < -0.3 is 10.5 Å². The number of nitrogens with two attached hydrogens (primary N) is 1. The van der Waals surface area contributed by atoms with E-state index in [1.165, 1.54) is 0 Å². The Morgan fingerprint density at radius 2 is 2.25 bits per heavy atom. The maximum Gasteiger partial charge on any atom is 0.138 e. The Kier molecular flexibility index (Phi) is 5.42. The maximum atomic E-state index is 6.04. The summed E-state index contributed by atoms with van der Waals surface area (Å²) >= 11 is 0. The average molecular weight is 226 g/mol. The topological polar surface area (TPSA) is 66.0 Å². The number of methoxy groups -OCH3 is 1. The first-order valence-electron chi connectivity index (χ1n) is 5.78. The quantitative estimate of drug-likeness (QED) is 0.708. The molecule has 0 aromatic carbocycles. The van der Waals surface area contributed by atoms with E-state index in [0.717, 1.165) is 31.7 Å². The number of rotatable bonds is 7. The highest BCUT2D eigenvalue weighted by Crippen LogP contribution is 2.08. The van der Waals surface area contributed by atoms with Crippen LogP contribution in [0, 0.1) is 0 Å². The third kappa shape index (κ3) is 3.90. The largest absolute Gasteiger partial charge is 0.385 e. The fraction of sp³-hybridized carbons (Fsp3) is 0.818. The lowest BCUT2D eigenvalue weighted by Gasteiger charge is -2.13. The van der Waals surface area contributed by atoms with Crippen LogP contribution in [-0.2, 0) is 11.2 Å². The van der Waals surface area contributed by atoms with Crippen molar-refractivity contribution in [3.63, 3.8) is 0 Å². The van der Waals surface area contributed by atoms with Crippen LogP contribution in [0.3, 0.4) is 0 Å². The van der Waals surface area contributed by atoms with E-state index in [9.17, 15) is 0 Å². The van der Waals surface area contributed by atoms with Crippen LogP contribution in [0.1, 0.15) is 38.6 Å². The van der Waals surface area contributed by atoms with Crippen LogP contribution in [0.2, 0.25) is 0 Å². The minimum atomic E-state index is 0.136. The first-order valence-corrected chi connectivity index (χ1v) is 5.78. The maximum absolute atomic E-state index is 6.04. The molecule has 0 spiro atoms. The second-order valence-electron chi connectivity index (χ2n) is 4.31. The van der Waals surface area contributed by atoms with Gasteiger partial charge in [0.05, 0.1) is 0 Å². The van der Waals surface area contributed by atoms with Crippen molar-refractivity contribution in [3.05, 3.63) is 12.2 Å².